The highest BCUT2D eigenvalue weighted by Gasteiger charge is 2.23. The first-order valence-corrected chi connectivity index (χ1v) is 17.2. The lowest BCUT2D eigenvalue weighted by atomic mass is 10.1. The number of hydrogen-bond acceptors (Lipinski definition) is 7. The zero-order valence-corrected chi connectivity index (χ0v) is 26.2. The molecule has 2 atom stereocenters. The van der Waals surface area contributed by atoms with Gasteiger partial charge in [0.25, 0.3) is 0 Å². The second kappa shape index (κ2) is 27.9. The van der Waals surface area contributed by atoms with E-state index in [-0.39, 0.29) is 32.1 Å². The predicted octanol–water partition coefficient (Wildman–Crippen LogP) is 7.15. The summed E-state index contributed by atoms with van der Waals surface area (Å²) in [6.07, 6.45) is 23.1. The van der Waals surface area contributed by atoms with E-state index in [1.54, 1.807) is 0 Å². The minimum absolute atomic E-state index is 0.0823. The van der Waals surface area contributed by atoms with Crippen molar-refractivity contribution < 1.29 is 37.9 Å². The molecule has 0 bridgehead atoms. The van der Waals surface area contributed by atoms with Crippen LogP contribution in [0.5, 0.6) is 0 Å². The van der Waals surface area contributed by atoms with Crippen LogP contribution in [0.15, 0.2) is 12.2 Å². The maximum atomic E-state index is 11.9. The topological polar surface area (TPSA) is 131 Å². The minimum atomic E-state index is -4.39. The minimum Gasteiger partial charge on any atom is -0.463 e. The molecule has 236 valence electrons. The van der Waals surface area contributed by atoms with Crippen LogP contribution < -0.4 is 5.32 Å². The van der Waals surface area contributed by atoms with Crippen LogP contribution in [0.4, 0.5) is 0 Å². The van der Waals surface area contributed by atoms with E-state index < -0.39 is 26.5 Å². The van der Waals surface area contributed by atoms with Crippen molar-refractivity contribution in [1.82, 2.24) is 5.32 Å². The number of aliphatic hydroxyl groups excluding tert-OH is 1. The monoisotopic (exact) mass is 591 g/mol. The summed E-state index contributed by atoms with van der Waals surface area (Å²) in [5, 5.41) is 12.5. The van der Waals surface area contributed by atoms with Gasteiger partial charge in [-0.3, -0.25) is 18.6 Å². The number of carbonyl (C=O) groups is 2. The summed E-state index contributed by atoms with van der Waals surface area (Å²) in [6.45, 7) is 3.43. The van der Waals surface area contributed by atoms with Crippen LogP contribution >= 0.6 is 7.82 Å². The number of phosphoric acid groups is 1. The Hall–Kier alpha value is -1.25. The van der Waals surface area contributed by atoms with Crippen molar-refractivity contribution in [3.8, 4) is 0 Å². The van der Waals surface area contributed by atoms with Crippen LogP contribution in [0.2, 0.25) is 0 Å². The van der Waals surface area contributed by atoms with E-state index in [0.717, 1.165) is 57.8 Å². The Morgan fingerprint density at radius 2 is 1.27 bits per heavy atom. The molecule has 10 heteroatoms. The molecule has 0 aliphatic heterocycles. The van der Waals surface area contributed by atoms with Gasteiger partial charge in [0.15, 0.2) is 0 Å². The molecule has 1 amide bonds. The zero-order valence-electron chi connectivity index (χ0n) is 25.3. The van der Waals surface area contributed by atoms with E-state index >= 15 is 0 Å². The molecule has 0 aromatic carbocycles. The summed E-state index contributed by atoms with van der Waals surface area (Å²) in [5.41, 5.74) is 0. The molecule has 0 saturated carbocycles. The average Bonchev–Trinajstić information content (AvgIpc) is 2.93. The standard InChI is InChI=1S/C30H58NO8P/c1-3-5-7-9-11-12-13-14-15-16-17-19-21-23-30(34)37-26-28(32)27-39-40(35,36)38-25-24-31-29(33)22-20-18-10-8-6-4-2/h12-13,28,32H,3-11,14-27H2,1-2H3,(H,31,33)(H,35,36)/b13-12-. The Bertz CT molecular complexity index is 689. The molecule has 2 unspecified atom stereocenters. The number of ether oxygens (including phenoxy) is 1. The molecule has 0 aromatic rings. The van der Waals surface area contributed by atoms with Gasteiger partial charge >= 0.3 is 13.8 Å². The second-order valence-corrected chi connectivity index (χ2v) is 11.9. The molecule has 3 N–H and O–H groups in total. The highest BCUT2D eigenvalue weighted by atomic mass is 31.2. The number of nitrogens with one attached hydrogen (secondary N) is 1. The van der Waals surface area contributed by atoms with E-state index in [1.807, 2.05) is 0 Å². The van der Waals surface area contributed by atoms with Gasteiger partial charge in [-0.05, 0) is 38.5 Å². The molecule has 0 spiro atoms. The van der Waals surface area contributed by atoms with Crippen LogP contribution in [-0.2, 0) is 27.9 Å². The van der Waals surface area contributed by atoms with Gasteiger partial charge in [0.05, 0.1) is 13.2 Å². The number of phosphoric ester groups is 1. The summed E-state index contributed by atoms with van der Waals surface area (Å²) >= 11 is 0. The fourth-order valence-corrected chi connectivity index (χ4v) is 4.78. The Morgan fingerprint density at radius 3 is 1.90 bits per heavy atom. The Labute approximate surface area is 243 Å². The fraction of sp³-hybridized carbons (Fsp3) is 0.867. The lowest BCUT2D eigenvalue weighted by Gasteiger charge is -2.15. The molecule has 9 nitrogen and oxygen atoms in total. The smallest absolute Gasteiger partial charge is 0.463 e. The molecule has 0 saturated heterocycles. The number of allylic oxidation sites excluding steroid dienone is 2. The molecule has 0 aliphatic carbocycles. The third-order valence-electron chi connectivity index (χ3n) is 6.45. The van der Waals surface area contributed by atoms with Gasteiger partial charge in [-0.15, -0.1) is 0 Å². The SMILES string of the molecule is CCCCCC/C=C\CCCCCCCC(=O)OCC(O)COP(=O)(O)OCCNC(=O)CCCCCCCC. The van der Waals surface area contributed by atoms with E-state index in [1.165, 1.54) is 51.4 Å². The highest BCUT2D eigenvalue weighted by Crippen LogP contribution is 2.42. The molecule has 0 radical (unpaired) electrons. The first-order chi connectivity index (χ1) is 19.3. The van der Waals surface area contributed by atoms with Gasteiger partial charge in [0.2, 0.25) is 5.91 Å². The molecular weight excluding hydrogens is 533 g/mol. The summed E-state index contributed by atoms with van der Waals surface area (Å²) in [5.74, 6) is -0.536. The van der Waals surface area contributed by atoms with Crippen LogP contribution in [-0.4, -0.2) is 54.3 Å². The Balaban J connectivity index is 3.67. The number of carbonyl (C=O) groups excluding carboxylic acids is 2. The van der Waals surface area contributed by atoms with Gasteiger partial charge < -0.3 is 20.1 Å². The van der Waals surface area contributed by atoms with E-state index in [4.69, 9.17) is 13.8 Å². The third kappa shape index (κ3) is 28.3. The largest absolute Gasteiger partial charge is 0.472 e. The summed E-state index contributed by atoms with van der Waals surface area (Å²) in [4.78, 5) is 33.4. The van der Waals surface area contributed by atoms with Crippen molar-refractivity contribution in [3.05, 3.63) is 12.2 Å². The molecule has 0 rings (SSSR count). The number of unbranched alkanes of at least 4 members (excludes halogenated alkanes) is 14. The van der Waals surface area contributed by atoms with Gasteiger partial charge in [0, 0.05) is 19.4 Å². The zero-order chi connectivity index (χ0) is 29.7. The predicted molar refractivity (Wildman–Crippen MR) is 160 cm³/mol. The Kier molecular flexibility index (Phi) is 27.0. The van der Waals surface area contributed by atoms with Crippen molar-refractivity contribution in [3.63, 3.8) is 0 Å². The van der Waals surface area contributed by atoms with Gasteiger partial charge in [0.1, 0.15) is 12.7 Å². The van der Waals surface area contributed by atoms with Crippen molar-refractivity contribution in [1.29, 1.82) is 0 Å². The second-order valence-electron chi connectivity index (χ2n) is 10.4. The van der Waals surface area contributed by atoms with Crippen LogP contribution in [0, 0.1) is 0 Å². The summed E-state index contributed by atoms with van der Waals surface area (Å²) in [6, 6.07) is 0. The van der Waals surface area contributed by atoms with Crippen LogP contribution in [0.3, 0.4) is 0 Å². The number of esters is 1. The normalized spacial score (nSPS) is 13.8. The number of hydrogen-bond donors (Lipinski definition) is 3. The number of amides is 1. The fourth-order valence-electron chi connectivity index (χ4n) is 4.02. The molecule has 0 heterocycles. The Morgan fingerprint density at radius 1 is 0.750 bits per heavy atom. The van der Waals surface area contributed by atoms with Crippen LogP contribution in [0.1, 0.15) is 136 Å². The number of aliphatic hydroxyl groups is 1. The van der Waals surface area contributed by atoms with Crippen LogP contribution in [0.25, 0.3) is 0 Å². The van der Waals surface area contributed by atoms with Crippen molar-refractivity contribution in [2.24, 2.45) is 0 Å². The van der Waals surface area contributed by atoms with E-state index in [0.29, 0.717) is 6.42 Å². The maximum absolute atomic E-state index is 11.9. The molecule has 40 heavy (non-hydrogen) atoms. The first-order valence-electron chi connectivity index (χ1n) is 15.7. The quantitative estimate of drug-likeness (QED) is 0.0362. The van der Waals surface area contributed by atoms with Crippen molar-refractivity contribution in [2.45, 2.75) is 142 Å². The summed E-state index contributed by atoms with van der Waals surface area (Å²) < 4.78 is 26.5. The maximum Gasteiger partial charge on any atom is 0.472 e. The molecule has 0 fully saturated rings. The molecule has 0 aliphatic rings. The lowest BCUT2D eigenvalue weighted by molar-refractivity contribution is -0.147. The molecular formula is C30H58NO8P. The molecule has 0 aromatic heterocycles. The number of rotatable bonds is 29. The van der Waals surface area contributed by atoms with E-state index in [9.17, 15) is 24.2 Å². The van der Waals surface area contributed by atoms with Gasteiger partial charge in [-0.1, -0.05) is 96.6 Å². The van der Waals surface area contributed by atoms with Crippen molar-refractivity contribution >= 4 is 19.7 Å². The lowest BCUT2D eigenvalue weighted by Crippen LogP contribution is -2.27. The highest BCUT2D eigenvalue weighted by molar-refractivity contribution is 7.47. The third-order valence-corrected chi connectivity index (χ3v) is 7.43. The van der Waals surface area contributed by atoms with Crippen molar-refractivity contribution in [2.75, 3.05) is 26.4 Å². The summed E-state index contributed by atoms with van der Waals surface area (Å²) in [7, 11) is -4.39. The van der Waals surface area contributed by atoms with E-state index in [2.05, 4.69) is 31.3 Å². The van der Waals surface area contributed by atoms with Gasteiger partial charge in [-0.25, -0.2) is 4.57 Å². The van der Waals surface area contributed by atoms with Gasteiger partial charge in [-0.2, -0.15) is 0 Å². The average molecular weight is 592 g/mol. The first kappa shape index (κ1) is 38.8.